The fourth-order valence-electron chi connectivity index (χ4n) is 2.09. The average Bonchev–Trinajstić information content (AvgIpc) is 2.93. The topological polar surface area (TPSA) is 41.5 Å². The van der Waals surface area contributed by atoms with E-state index in [0.717, 1.165) is 11.3 Å². The molecule has 3 nitrogen and oxygen atoms in total. The normalized spacial score (nSPS) is 14.1. The summed E-state index contributed by atoms with van der Waals surface area (Å²) in [5, 5.41) is 15.5. The fourth-order valence-corrected chi connectivity index (χ4v) is 2.83. The van der Waals surface area contributed by atoms with Crippen molar-refractivity contribution in [2.45, 2.75) is 25.9 Å². The summed E-state index contributed by atoms with van der Waals surface area (Å²) < 4.78 is 5.20. The number of ether oxygens (including phenoxy) is 1. The minimum Gasteiger partial charge on any atom is -0.508 e. The molecule has 19 heavy (non-hydrogen) atoms. The van der Waals surface area contributed by atoms with Gasteiger partial charge in [0.25, 0.3) is 0 Å². The molecule has 1 aromatic carbocycles. The highest BCUT2D eigenvalue weighted by Crippen LogP contribution is 2.30. The van der Waals surface area contributed by atoms with Crippen molar-refractivity contribution in [2.24, 2.45) is 0 Å². The lowest BCUT2D eigenvalue weighted by atomic mass is 10.1. The second kappa shape index (κ2) is 6.08. The van der Waals surface area contributed by atoms with Crippen molar-refractivity contribution in [3.63, 3.8) is 0 Å². The number of methoxy groups -OCH3 is 1. The van der Waals surface area contributed by atoms with E-state index < -0.39 is 0 Å². The van der Waals surface area contributed by atoms with Crippen LogP contribution in [0.25, 0.3) is 0 Å². The summed E-state index contributed by atoms with van der Waals surface area (Å²) >= 11 is 1.73. The Morgan fingerprint density at radius 1 is 1.21 bits per heavy atom. The van der Waals surface area contributed by atoms with Crippen LogP contribution in [0.3, 0.4) is 0 Å². The molecule has 0 spiro atoms. The molecule has 0 bridgehead atoms. The predicted molar refractivity (Wildman–Crippen MR) is 78.9 cm³/mol. The van der Waals surface area contributed by atoms with Crippen LogP contribution in [0, 0.1) is 0 Å². The molecule has 0 aliphatic carbocycles. The van der Waals surface area contributed by atoms with Gasteiger partial charge in [-0.15, -0.1) is 11.3 Å². The lowest BCUT2D eigenvalue weighted by Crippen LogP contribution is -2.21. The largest absolute Gasteiger partial charge is 0.508 e. The average molecular weight is 277 g/mol. The first-order chi connectivity index (χ1) is 9.11. The molecule has 102 valence electrons. The zero-order chi connectivity index (χ0) is 13.8. The quantitative estimate of drug-likeness (QED) is 0.871. The molecular weight excluding hydrogens is 258 g/mol. The number of rotatable bonds is 5. The number of hydrogen-bond acceptors (Lipinski definition) is 4. The molecule has 0 saturated heterocycles. The Hall–Kier alpha value is -1.52. The van der Waals surface area contributed by atoms with Crippen LogP contribution in [-0.2, 0) is 0 Å². The number of hydrogen-bond donors (Lipinski definition) is 2. The summed E-state index contributed by atoms with van der Waals surface area (Å²) in [5.74, 6) is 1.05. The van der Waals surface area contributed by atoms with Gasteiger partial charge < -0.3 is 15.2 Å². The standard InChI is InChI=1S/C15H19NO2S/c1-10(16-11(2)15-5-4-8-19-15)13-9-12(18-3)6-7-14(13)17/h4-11,16-17H,1-3H3/t10?,11-/m0/s1. The molecule has 0 aliphatic heterocycles. The second-order valence-electron chi connectivity index (χ2n) is 4.55. The van der Waals surface area contributed by atoms with Gasteiger partial charge in [0.1, 0.15) is 11.5 Å². The number of nitrogens with one attached hydrogen (secondary N) is 1. The van der Waals surface area contributed by atoms with Gasteiger partial charge in [-0.1, -0.05) is 6.07 Å². The van der Waals surface area contributed by atoms with Crippen LogP contribution in [-0.4, -0.2) is 12.2 Å². The Kier molecular flexibility index (Phi) is 4.45. The third-order valence-electron chi connectivity index (χ3n) is 3.17. The number of phenols is 1. The van der Waals surface area contributed by atoms with Crippen LogP contribution >= 0.6 is 11.3 Å². The maximum atomic E-state index is 9.95. The minimum atomic E-state index is 0.0483. The molecule has 0 fully saturated rings. The number of thiophene rings is 1. The smallest absolute Gasteiger partial charge is 0.120 e. The summed E-state index contributed by atoms with van der Waals surface area (Å²) in [4.78, 5) is 1.29. The Bertz CT molecular complexity index is 525. The Labute approximate surface area is 117 Å². The molecule has 1 unspecified atom stereocenters. The fraction of sp³-hybridized carbons (Fsp3) is 0.333. The molecule has 1 aromatic heterocycles. The molecule has 1 heterocycles. The highest BCUT2D eigenvalue weighted by atomic mass is 32.1. The Morgan fingerprint density at radius 3 is 2.63 bits per heavy atom. The summed E-state index contributed by atoms with van der Waals surface area (Å²) in [5.41, 5.74) is 0.850. The van der Waals surface area contributed by atoms with E-state index >= 15 is 0 Å². The van der Waals surface area contributed by atoms with Gasteiger partial charge in [0, 0.05) is 22.5 Å². The lowest BCUT2D eigenvalue weighted by Gasteiger charge is -2.20. The van der Waals surface area contributed by atoms with Crippen molar-refractivity contribution < 1.29 is 9.84 Å². The van der Waals surface area contributed by atoms with Crippen molar-refractivity contribution in [3.05, 3.63) is 46.2 Å². The highest BCUT2D eigenvalue weighted by molar-refractivity contribution is 7.10. The van der Waals surface area contributed by atoms with Gasteiger partial charge in [0.05, 0.1) is 7.11 Å². The van der Waals surface area contributed by atoms with E-state index in [-0.39, 0.29) is 12.1 Å². The summed E-state index contributed by atoms with van der Waals surface area (Å²) in [6, 6.07) is 9.75. The number of benzene rings is 1. The van der Waals surface area contributed by atoms with E-state index in [0.29, 0.717) is 5.75 Å². The third-order valence-corrected chi connectivity index (χ3v) is 4.23. The Balaban J connectivity index is 2.13. The monoisotopic (exact) mass is 277 g/mol. The van der Waals surface area contributed by atoms with Crippen LogP contribution in [0.1, 0.15) is 36.4 Å². The van der Waals surface area contributed by atoms with Crippen molar-refractivity contribution in [2.75, 3.05) is 7.11 Å². The molecule has 2 rings (SSSR count). The van der Waals surface area contributed by atoms with Gasteiger partial charge >= 0.3 is 0 Å². The van der Waals surface area contributed by atoms with Gasteiger partial charge in [0.15, 0.2) is 0 Å². The predicted octanol–water partition coefficient (Wildman–Crippen LogP) is 3.87. The molecule has 0 saturated carbocycles. The maximum absolute atomic E-state index is 9.95. The van der Waals surface area contributed by atoms with Crippen LogP contribution < -0.4 is 10.1 Å². The van der Waals surface area contributed by atoms with Crippen molar-refractivity contribution in [1.82, 2.24) is 5.32 Å². The SMILES string of the molecule is COc1ccc(O)c(C(C)N[C@@H](C)c2cccs2)c1. The van der Waals surface area contributed by atoms with E-state index in [9.17, 15) is 5.11 Å². The van der Waals surface area contributed by atoms with Crippen molar-refractivity contribution >= 4 is 11.3 Å². The maximum Gasteiger partial charge on any atom is 0.120 e. The first-order valence-electron chi connectivity index (χ1n) is 6.28. The van der Waals surface area contributed by atoms with E-state index in [1.807, 2.05) is 19.1 Å². The second-order valence-corrected chi connectivity index (χ2v) is 5.53. The van der Waals surface area contributed by atoms with E-state index in [2.05, 4.69) is 23.7 Å². The van der Waals surface area contributed by atoms with Gasteiger partial charge in [-0.3, -0.25) is 0 Å². The van der Waals surface area contributed by atoms with E-state index in [4.69, 9.17) is 4.74 Å². The van der Waals surface area contributed by atoms with Crippen LogP contribution in [0.2, 0.25) is 0 Å². The molecule has 4 heteroatoms. The Morgan fingerprint density at radius 2 is 2.00 bits per heavy atom. The van der Waals surface area contributed by atoms with Crippen LogP contribution in [0.5, 0.6) is 11.5 Å². The zero-order valence-electron chi connectivity index (χ0n) is 11.4. The molecule has 0 radical (unpaired) electrons. The van der Waals surface area contributed by atoms with Crippen LogP contribution in [0.4, 0.5) is 0 Å². The van der Waals surface area contributed by atoms with Gasteiger partial charge in [-0.2, -0.15) is 0 Å². The molecule has 0 aliphatic rings. The summed E-state index contributed by atoms with van der Waals surface area (Å²) in [7, 11) is 1.63. The van der Waals surface area contributed by atoms with Gasteiger partial charge in [0.2, 0.25) is 0 Å². The molecule has 2 aromatic rings. The molecule has 2 atom stereocenters. The number of phenolic OH excluding ortho intramolecular Hbond substituents is 1. The number of aromatic hydroxyl groups is 1. The van der Waals surface area contributed by atoms with Crippen LogP contribution in [0.15, 0.2) is 35.7 Å². The van der Waals surface area contributed by atoms with Gasteiger partial charge in [-0.05, 0) is 43.5 Å². The molecule has 0 amide bonds. The lowest BCUT2D eigenvalue weighted by molar-refractivity contribution is 0.405. The highest BCUT2D eigenvalue weighted by Gasteiger charge is 2.15. The van der Waals surface area contributed by atoms with E-state index in [1.165, 1.54) is 4.88 Å². The van der Waals surface area contributed by atoms with Gasteiger partial charge in [-0.25, -0.2) is 0 Å². The third kappa shape index (κ3) is 3.28. The summed E-state index contributed by atoms with van der Waals surface area (Å²) in [6.07, 6.45) is 0. The first kappa shape index (κ1) is 13.9. The van der Waals surface area contributed by atoms with Crippen molar-refractivity contribution in [1.29, 1.82) is 0 Å². The van der Waals surface area contributed by atoms with Crippen molar-refractivity contribution in [3.8, 4) is 11.5 Å². The minimum absolute atomic E-state index is 0.0483. The summed E-state index contributed by atoms with van der Waals surface area (Å²) in [6.45, 7) is 4.16. The first-order valence-corrected chi connectivity index (χ1v) is 7.16. The zero-order valence-corrected chi connectivity index (χ0v) is 12.2. The molecular formula is C15H19NO2S. The van der Waals surface area contributed by atoms with E-state index in [1.54, 1.807) is 30.6 Å². The molecule has 2 N–H and O–H groups in total.